The van der Waals surface area contributed by atoms with Crippen LogP contribution >= 0.6 is 27.3 Å². The molecule has 4 heteroatoms. The zero-order valence-corrected chi connectivity index (χ0v) is 9.16. The number of aryl methyl sites for hydroxylation is 2. The van der Waals surface area contributed by atoms with Crippen LogP contribution in [0, 0.1) is 13.8 Å². The molecular weight excluding hydrogens is 236 g/mol. The Labute approximate surface area is 82.8 Å². The van der Waals surface area contributed by atoms with Crippen LogP contribution in [0.5, 0.6) is 0 Å². The van der Waals surface area contributed by atoms with Crippen molar-refractivity contribution in [2.45, 2.75) is 13.8 Å². The third-order valence-electron chi connectivity index (χ3n) is 1.77. The summed E-state index contributed by atoms with van der Waals surface area (Å²) < 4.78 is 1.15. The van der Waals surface area contributed by atoms with Gasteiger partial charge in [-0.2, -0.15) is 5.10 Å². The second-order valence-electron chi connectivity index (χ2n) is 2.71. The minimum atomic E-state index is 0.968. The minimum absolute atomic E-state index is 0.968. The van der Waals surface area contributed by atoms with Crippen molar-refractivity contribution >= 4 is 37.5 Å². The van der Waals surface area contributed by atoms with Crippen molar-refractivity contribution in [3.8, 4) is 0 Å². The predicted octanol–water partition coefficient (Wildman–Crippen LogP) is 3.07. The van der Waals surface area contributed by atoms with Crippen LogP contribution in [0.2, 0.25) is 0 Å². The van der Waals surface area contributed by atoms with Crippen LogP contribution in [0.15, 0.2) is 9.85 Å². The molecule has 0 atom stereocenters. The van der Waals surface area contributed by atoms with E-state index in [1.807, 2.05) is 6.92 Å². The number of rotatable bonds is 0. The largest absolute Gasteiger partial charge is 0.155 e. The highest BCUT2D eigenvalue weighted by molar-refractivity contribution is 9.11. The molecular formula is C8H7BrN2S. The summed E-state index contributed by atoms with van der Waals surface area (Å²) in [6.45, 7) is 4.04. The Bertz CT molecular complexity index is 436. The summed E-state index contributed by atoms with van der Waals surface area (Å²) in [5.41, 5.74) is 2.23. The van der Waals surface area contributed by atoms with Crippen LogP contribution in [0.1, 0.15) is 11.3 Å². The maximum atomic E-state index is 4.10. The fourth-order valence-corrected chi connectivity index (χ4v) is 2.60. The van der Waals surface area contributed by atoms with Crippen LogP contribution in [-0.4, -0.2) is 10.2 Å². The average molecular weight is 243 g/mol. The van der Waals surface area contributed by atoms with Gasteiger partial charge in [-0.1, -0.05) is 0 Å². The highest BCUT2D eigenvalue weighted by Crippen LogP contribution is 2.32. The van der Waals surface area contributed by atoms with E-state index in [0.29, 0.717) is 0 Å². The number of thiophene rings is 1. The van der Waals surface area contributed by atoms with Crippen LogP contribution in [-0.2, 0) is 0 Å². The lowest BCUT2D eigenvalue weighted by molar-refractivity contribution is 1.03. The molecule has 0 bridgehead atoms. The van der Waals surface area contributed by atoms with E-state index >= 15 is 0 Å². The maximum absolute atomic E-state index is 4.10. The second kappa shape index (κ2) is 2.78. The summed E-state index contributed by atoms with van der Waals surface area (Å²) in [5, 5.41) is 9.31. The van der Waals surface area contributed by atoms with Gasteiger partial charge in [0.25, 0.3) is 0 Å². The molecule has 2 aromatic rings. The molecule has 0 aliphatic heterocycles. The molecule has 0 saturated carbocycles. The molecule has 0 fully saturated rings. The SMILES string of the molecule is Cc1cc2c(C)c(Br)sc2nn1. The topological polar surface area (TPSA) is 25.8 Å². The molecule has 0 aromatic carbocycles. The number of aromatic nitrogens is 2. The molecule has 2 rings (SSSR count). The number of hydrogen-bond acceptors (Lipinski definition) is 3. The lowest BCUT2D eigenvalue weighted by Crippen LogP contribution is -1.84. The number of hydrogen-bond donors (Lipinski definition) is 0. The van der Waals surface area contributed by atoms with Crippen molar-refractivity contribution in [3.05, 3.63) is 21.1 Å². The molecule has 0 unspecified atom stereocenters. The molecule has 62 valence electrons. The van der Waals surface area contributed by atoms with E-state index in [1.54, 1.807) is 11.3 Å². The Morgan fingerprint density at radius 2 is 2.08 bits per heavy atom. The quantitative estimate of drug-likeness (QED) is 0.710. The smallest absolute Gasteiger partial charge is 0.147 e. The van der Waals surface area contributed by atoms with E-state index in [4.69, 9.17) is 0 Å². The van der Waals surface area contributed by atoms with Gasteiger partial charge in [0.05, 0.1) is 9.48 Å². The van der Waals surface area contributed by atoms with Gasteiger partial charge in [0.15, 0.2) is 0 Å². The summed E-state index contributed by atoms with van der Waals surface area (Å²) in [6, 6.07) is 2.07. The molecule has 0 radical (unpaired) electrons. The molecule has 0 aliphatic carbocycles. The lowest BCUT2D eigenvalue weighted by Gasteiger charge is -1.91. The summed E-state index contributed by atoms with van der Waals surface area (Å²) in [6.07, 6.45) is 0. The minimum Gasteiger partial charge on any atom is -0.155 e. The second-order valence-corrected chi connectivity index (χ2v) is 5.02. The summed E-state index contributed by atoms with van der Waals surface area (Å²) in [5.74, 6) is 0. The Morgan fingerprint density at radius 3 is 2.83 bits per heavy atom. The summed E-state index contributed by atoms with van der Waals surface area (Å²) >= 11 is 5.11. The van der Waals surface area contributed by atoms with E-state index in [-0.39, 0.29) is 0 Å². The van der Waals surface area contributed by atoms with Gasteiger partial charge >= 0.3 is 0 Å². The molecule has 0 spiro atoms. The monoisotopic (exact) mass is 242 g/mol. The van der Waals surface area contributed by atoms with Crippen molar-refractivity contribution in [1.82, 2.24) is 10.2 Å². The summed E-state index contributed by atoms with van der Waals surface area (Å²) in [4.78, 5) is 1.00. The van der Waals surface area contributed by atoms with E-state index in [1.165, 1.54) is 10.9 Å². The average Bonchev–Trinajstić information content (AvgIpc) is 2.31. The fourth-order valence-electron chi connectivity index (χ4n) is 1.09. The maximum Gasteiger partial charge on any atom is 0.147 e. The molecule has 2 heterocycles. The van der Waals surface area contributed by atoms with Gasteiger partial charge in [-0.3, -0.25) is 0 Å². The molecule has 2 nitrogen and oxygen atoms in total. The Morgan fingerprint density at radius 1 is 1.33 bits per heavy atom. The number of fused-ring (bicyclic) bond motifs is 1. The van der Waals surface area contributed by atoms with Crippen LogP contribution in [0.25, 0.3) is 10.2 Å². The first-order valence-corrected chi connectivity index (χ1v) is 5.18. The first-order valence-electron chi connectivity index (χ1n) is 3.57. The number of halogens is 1. The van der Waals surface area contributed by atoms with Gasteiger partial charge in [-0.15, -0.1) is 16.4 Å². The van der Waals surface area contributed by atoms with E-state index in [0.717, 1.165) is 14.3 Å². The van der Waals surface area contributed by atoms with Crippen molar-refractivity contribution < 1.29 is 0 Å². The van der Waals surface area contributed by atoms with Gasteiger partial charge < -0.3 is 0 Å². The van der Waals surface area contributed by atoms with Crippen LogP contribution in [0.3, 0.4) is 0 Å². The van der Waals surface area contributed by atoms with Gasteiger partial charge in [0, 0.05) is 5.39 Å². The predicted molar refractivity (Wildman–Crippen MR) is 54.6 cm³/mol. The Kier molecular flexibility index (Phi) is 1.88. The Balaban J connectivity index is 2.88. The van der Waals surface area contributed by atoms with Crippen LogP contribution < -0.4 is 0 Å². The number of nitrogens with zero attached hydrogens (tertiary/aromatic N) is 2. The zero-order chi connectivity index (χ0) is 8.72. The van der Waals surface area contributed by atoms with Gasteiger partial charge in [0.1, 0.15) is 4.83 Å². The third kappa shape index (κ3) is 1.15. The summed E-state index contributed by atoms with van der Waals surface area (Å²) in [7, 11) is 0. The lowest BCUT2D eigenvalue weighted by atomic mass is 10.2. The highest BCUT2D eigenvalue weighted by atomic mass is 79.9. The van der Waals surface area contributed by atoms with Gasteiger partial charge in [0.2, 0.25) is 0 Å². The normalized spacial score (nSPS) is 10.9. The van der Waals surface area contributed by atoms with Crippen molar-refractivity contribution in [3.63, 3.8) is 0 Å². The van der Waals surface area contributed by atoms with E-state index in [9.17, 15) is 0 Å². The molecule has 0 N–H and O–H groups in total. The van der Waals surface area contributed by atoms with Crippen molar-refractivity contribution in [1.29, 1.82) is 0 Å². The standard InChI is InChI=1S/C8H7BrN2S/c1-4-3-6-5(2)7(9)12-8(6)11-10-4/h3H,1-2H3. The van der Waals surface area contributed by atoms with E-state index < -0.39 is 0 Å². The molecule has 12 heavy (non-hydrogen) atoms. The first-order chi connectivity index (χ1) is 5.68. The van der Waals surface area contributed by atoms with Crippen molar-refractivity contribution in [2.75, 3.05) is 0 Å². The Hall–Kier alpha value is -0.480. The first kappa shape index (κ1) is 8.13. The zero-order valence-electron chi connectivity index (χ0n) is 6.76. The molecule has 0 amide bonds. The van der Waals surface area contributed by atoms with Gasteiger partial charge in [-0.05, 0) is 41.4 Å². The third-order valence-corrected chi connectivity index (χ3v) is 3.83. The molecule has 0 saturated heterocycles. The molecule has 0 aliphatic rings. The van der Waals surface area contributed by atoms with Crippen LogP contribution in [0.4, 0.5) is 0 Å². The highest BCUT2D eigenvalue weighted by Gasteiger charge is 2.06. The van der Waals surface area contributed by atoms with Gasteiger partial charge in [-0.25, -0.2) is 0 Å². The van der Waals surface area contributed by atoms with E-state index in [2.05, 4.69) is 39.1 Å². The van der Waals surface area contributed by atoms with Crippen molar-refractivity contribution in [2.24, 2.45) is 0 Å². The fraction of sp³-hybridized carbons (Fsp3) is 0.250. The molecule has 2 aromatic heterocycles.